The van der Waals surface area contributed by atoms with Crippen LogP contribution in [0.4, 0.5) is 0 Å². The van der Waals surface area contributed by atoms with Crippen molar-refractivity contribution in [2.75, 3.05) is 18.6 Å². The second-order valence-corrected chi connectivity index (χ2v) is 7.95. The average molecular weight is 351 g/mol. The van der Waals surface area contributed by atoms with Crippen molar-refractivity contribution in [3.63, 3.8) is 0 Å². The fourth-order valence-electron chi connectivity index (χ4n) is 2.75. The van der Waals surface area contributed by atoms with Crippen LogP contribution in [0.5, 0.6) is 0 Å². The Hall–Kier alpha value is -1.34. The third-order valence-electron chi connectivity index (χ3n) is 4.08. The molecule has 1 aliphatic heterocycles. The fourth-order valence-corrected chi connectivity index (χ4v) is 3.95. The van der Waals surface area contributed by atoms with Crippen molar-refractivity contribution >= 4 is 29.0 Å². The first-order valence-electron chi connectivity index (χ1n) is 7.88. The van der Waals surface area contributed by atoms with Crippen LogP contribution in [-0.4, -0.2) is 44.5 Å². The van der Waals surface area contributed by atoms with E-state index in [9.17, 15) is 4.79 Å². The van der Waals surface area contributed by atoms with Gasteiger partial charge in [-0.2, -0.15) is 16.9 Å². The number of aromatic nitrogens is 3. The van der Waals surface area contributed by atoms with E-state index in [1.54, 1.807) is 11.3 Å². The molecule has 1 aliphatic rings. The van der Waals surface area contributed by atoms with Crippen molar-refractivity contribution in [2.45, 2.75) is 39.2 Å². The molecule has 0 unspecified atom stereocenters. The van der Waals surface area contributed by atoms with Crippen LogP contribution in [0.25, 0.3) is 0 Å². The third kappa shape index (κ3) is 3.45. The fraction of sp³-hybridized carbons (Fsp3) is 0.562. The van der Waals surface area contributed by atoms with Gasteiger partial charge in [0.15, 0.2) is 0 Å². The molecule has 0 aliphatic carbocycles. The predicted molar refractivity (Wildman–Crippen MR) is 95.3 cm³/mol. The molecule has 23 heavy (non-hydrogen) atoms. The summed E-state index contributed by atoms with van der Waals surface area (Å²) in [5.41, 5.74) is 4.08. The van der Waals surface area contributed by atoms with Crippen LogP contribution < -0.4 is 0 Å². The molecule has 3 rings (SSSR count). The number of aromatic amines is 1. The number of hydrogen-bond donors (Lipinski definition) is 1. The van der Waals surface area contributed by atoms with E-state index < -0.39 is 0 Å². The Bertz CT molecular complexity index is 692. The van der Waals surface area contributed by atoms with E-state index in [0.717, 1.165) is 35.8 Å². The molecule has 0 saturated heterocycles. The van der Waals surface area contributed by atoms with Gasteiger partial charge in [0.1, 0.15) is 5.69 Å². The number of nitrogens with zero attached hydrogens (tertiary/aromatic N) is 3. The van der Waals surface area contributed by atoms with Crippen LogP contribution in [0.15, 0.2) is 5.38 Å². The van der Waals surface area contributed by atoms with Gasteiger partial charge in [-0.15, -0.1) is 11.3 Å². The summed E-state index contributed by atoms with van der Waals surface area (Å²) < 4.78 is 0. The van der Waals surface area contributed by atoms with Crippen LogP contribution in [0.3, 0.4) is 0 Å². The molecule has 0 aromatic carbocycles. The summed E-state index contributed by atoms with van der Waals surface area (Å²) in [6, 6.07) is 0. The number of aryl methyl sites for hydroxylation is 1. The molecule has 0 atom stereocenters. The summed E-state index contributed by atoms with van der Waals surface area (Å²) in [5.74, 6) is 1.45. The molecule has 124 valence electrons. The lowest BCUT2D eigenvalue weighted by molar-refractivity contribution is 0.0728. The first-order valence-corrected chi connectivity index (χ1v) is 10.2. The first kappa shape index (κ1) is 16.5. The molecule has 3 heterocycles. The molecular weight excluding hydrogens is 328 g/mol. The van der Waals surface area contributed by atoms with E-state index in [1.165, 1.54) is 11.3 Å². The van der Waals surface area contributed by atoms with Gasteiger partial charge >= 0.3 is 0 Å². The maximum Gasteiger partial charge on any atom is 0.273 e. The highest BCUT2D eigenvalue weighted by molar-refractivity contribution is 7.98. The maximum absolute atomic E-state index is 12.7. The number of carbonyl (C=O) groups is 1. The standard InChI is InChI=1S/C16H22N4OS2/c1-10(2)15-17-14(9-23-15)16(21)20-6-4-12-11(8-20)13(19-18-12)5-7-22-3/h9-10H,4-8H2,1-3H3,(H,18,19). The monoisotopic (exact) mass is 350 g/mol. The van der Waals surface area contributed by atoms with E-state index in [4.69, 9.17) is 0 Å². The first-order chi connectivity index (χ1) is 11.1. The van der Waals surface area contributed by atoms with Crippen LogP contribution in [0.1, 0.15) is 52.2 Å². The van der Waals surface area contributed by atoms with Crippen molar-refractivity contribution in [1.29, 1.82) is 0 Å². The Morgan fingerprint density at radius 2 is 2.35 bits per heavy atom. The minimum Gasteiger partial charge on any atom is -0.332 e. The smallest absolute Gasteiger partial charge is 0.273 e. The van der Waals surface area contributed by atoms with Gasteiger partial charge in [-0.05, 0) is 12.0 Å². The summed E-state index contributed by atoms with van der Waals surface area (Å²) >= 11 is 3.39. The van der Waals surface area contributed by atoms with Gasteiger partial charge in [-0.3, -0.25) is 9.89 Å². The van der Waals surface area contributed by atoms with Crippen molar-refractivity contribution in [1.82, 2.24) is 20.1 Å². The normalized spacial score (nSPS) is 14.3. The van der Waals surface area contributed by atoms with Crippen molar-refractivity contribution < 1.29 is 4.79 Å². The lowest BCUT2D eigenvalue weighted by atomic mass is 10.0. The van der Waals surface area contributed by atoms with Crippen molar-refractivity contribution in [2.24, 2.45) is 0 Å². The maximum atomic E-state index is 12.7. The van der Waals surface area contributed by atoms with Gasteiger partial charge in [0, 0.05) is 48.5 Å². The van der Waals surface area contributed by atoms with E-state index >= 15 is 0 Å². The second-order valence-electron chi connectivity index (χ2n) is 6.07. The Balaban J connectivity index is 1.75. The number of thioether (sulfide) groups is 1. The summed E-state index contributed by atoms with van der Waals surface area (Å²) in [6.45, 7) is 5.57. The largest absolute Gasteiger partial charge is 0.332 e. The summed E-state index contributed by atoms with van der Waals surface area (Å²) in [4.78, 5) is 19.1. The molecule has 0 radical (unpaired) electrons. The van der Waals surface area contributed by atoms with Gasteiger partial charge in [-0.25, -0.2) is 4.98 Å². The average Bonchev–Trinajstić information content (AvgIpc) is 3.19. The molecular formula is C16H22N4OS2. The molecule has 1 amide bonds. The topological polar surface area (TPSA) is 61.9 Å². The highest BCUT2D eigenvalue weighted by Crippen LogP contribution is 2.24. The molecule has 0 spiro atoms. The van der Waals surface area contributed by atoms with Gasteiger partial charge in [0.05, 0.1) is 10.7 Å². The zero-order valence-corrected chi connectivity index (χ0v) is 15.4. The van der Waals surface area contributed by atoms with E-state index in [0.29, 0.717) is 18.2 Å². The third-order valence-corrected chi connectivity index (χ3v) is 5.84. The SMILES string of the molecule is CSCCc1n[nH]c2c1CN(C(=O)c1csc(C(C)C)n1)CC2. The van der Waals surface area contributed by atoms with Gasteiger partial charge in [0.2, 0.25) is 0 Å². The van der Waals surface area contributed by atoms with Crippen LogP contribution in [-0.2, 0) is 19.4 Å². The molecule has 0 fully saturated rings. The van der Waals surface area contributed by atoms with E-state index in [-0.39, 0.29) is 5.91 Å². The number of carbonyl (C=O) groups excluding carboxylic acids is 1. The molecule has 7 heteroatoms. The minimum absolute atomic E-state index is 0.0378. The second kappa shape index (κ2) is 7.05. The number of fused-ring (bicyclic) bond motifs is 1. The highest BCUT2D eigenvalue weighted by Gasteiger charge is 2.27. The Labute approximate surface area is 144 Å². The molecule has 1 N–H and O–H groups in total. The van der Waals surface area contributed by atoms with Crippen LogP contribution >= 0.6 is 23.1 Å². The number of thiazole rings is 1. The number of nitrogens with one attached hydrogen (secondary N) is 1. The Kier molecular flexibility index (Phi) is 5.06. The Morgan fingerprint density at radius 3 is 3.04 bits per heavy atom. The molecule has 2 aromatic heterocycles. The summed E-state index contributed by atoms with van der Waals surface area (Å²) in [7, 11) is 0. The van der Waals surface area contributed by atoms with Gasteiger partial charge in [0.25, 0.3) is 5.91 Å². The number of amides is 1. The van der Waals surface area contributed by atoms with Crippen LogP contribution in [0, 0.1) is 0 Å². The molecule has 0 saturated carbocycles. The zero-order chi connectivity index (χ0) is 16.4. The lowest BCUT2D eigenvalue weighted by Gasteiger charge is -2.26. The predicted octanol–water partition coefficient (Wildman–Crippen LogP) is 3.09. The summed E-state index contributed by atoms with van der Waals surface area (Å²) in [6.07, 6.45) is 3.89. The van der Waals surface area contributed by atoms with Crippen molar-refractivity contribution in [3.8, 4) is 0 Å². The quantitative estimate of drug-likeness (QED) is 0.900. The Morgan fingerprint density at radius 1 is 1.52 bits per heavy atom. The van der Waals surface area contributed by atoms with Gasteiger partial charge < -0.3 is 4.90 Å². The minimum atomic E-state index is 0.0378. The number of hydrogen-bond acceptors (Lipinski definition) is 5. The molecule has 5 nitrogen and oxygen atoms in total. The molecule has 2 aromatic rings. The number of H-pyrrole nitrogens is 1. The lowest BCUT2D eigenvalue weighted by Crippen LogP contribution is -2.36. The number of rotatable bonds is 5. The summed E-state index contributed by atoms with van der Waals surface area (Å²) in [5, 5.41) is 10.5. The molecule has 0 bridgehead atoms. The van der Waals surface area contributed by atoms with E-state index in [2.05, 4.69) is 35.3 Å². The van der Waals surface area contributed by atoms with Crippen LogP contribution in [0.2, 0.25) is 0 Å². The zero-order valence-electron chi connectivity index (χ0n) is 13.8. The highest BCUT2D eigenvalue weighted by atomic mass is 32.2. The van der Waals surface area contributed by atoms with Crippen molar-refractivity contribution in [3.05, 3.63) is 33.0 Å². The van der Waals surface area contributed by atoms with E-state index in [1.807, 2.05) is 22.0 Å². The van der Waals surface area contributed by atoms with Gasteiger partial charge in [-0.1, -0.05) is 13.8 Å².